The van der Waals surface area contributed by atoms with Crippen molar-refractivity contribution in [3.8, 4) is 11.8 Å². The quantitative estimate of drug-likeness (QED) is 0.479. The second-order valence-corrected chi connectivity index (χ2v) is 5.02. The van der Waals surface area contributed by atoms with Crippen molar-refractivity contribution in [3.05, 3.63) is 0 Å². The van der Waals surface area contributed by atoms with Gasteiger partial charge in [-0.3, -0.25) is 0 Å². The van der Waals surface area contributed by atoms with Crippen molar-refractivity contribution < 1.29 is 0 Å². The Labute approximate surface area is 119 Å². The van der Waals surface area contributed by atoms with Crippen molar-refractivity contribution in [1.82, 2.24) is 0 Å². The summed E-state index contributed by atoms with van der Waals surface area (Å²) in [5.41, 5.74) is 5.77. The third-order valence-corrected chi connectivity index (χ3v) is 2.96. The molecular weight excluding hydrogens is 274 g/mol. The SMILES string of the molecule is Br.CC#CC(C)(N)CCCCCCCCCC. The molecule has 0 aliphatic rings. The summed E-state index contributed by atoms with van der Waals surface area (Å²) in [5.74, 6) is 5.98. The molecule has 102 valence electrons. The van der Waals surface area contributed by atoms with E-state index in [1.54, 1.807) is 0 Å². The van der Waals surface area contributed by atoms with E-state index in [0.717, 1.165) is 6.42 Å². The van der Waals surface area contributed by atoms with Crippen LogP contribution in [0.1, 0.15) is 78.6 Å². The van der Waals surface area contributed by atoms with Gasteiger partial charge >= 0.3 is 0 Å². The van der Waals surface area contributed by atoms with E-state index in [1.165, 1.54) is 51.4 Å². The third kappa shape index (κ3) is 13.9. The topological polar surface area (TPSA) is 26.0 Å². The Morgan fingerprint density at radius 3 is 1.88 bits per heavy atom. The first-order valence-electron chi connectivity index (χ1n) is 6.85. The van der Waals surface area contributed by atoms with Gasteiger partial charge < -0.3 is 5.73 Å². The molecule has 1 atom stereocenters. The summed E-state index contributed by atoms with van der Waals surface area (Å²) in [5, 5.41) is 0. The van der Waals surface area contributed by atoms with E-state index in [1.807, 2.05) is 13.8 Å². The van der Waals surface area contributed by atoms with Crippen molar-refractivity contribution in [2.24, 2.45) is 5.73 Å². The van der Waals surface area contributed by atoms with Gasteiger partial charge in [0.15, 0.2) is 0 Å². The highest BCUT2D eigenvalue weighted by Crippen LogP contribution is 2.13. The maximum Gasteiger partial charge on any atom is 0.0747 e. The van der Waals surface area contributed by atoms with Crippen LogP contribution >= 0.6 is 17.0 Å². The van der Waals surface area contributed by atoms with Crippen LogP contribution in [-0.4, -0.2) is 5.54 Å². The first-order chi connectivity index (χ1) is 7.62. The van der Waals surface area contributed by atoms with Crippen molar-refractivity contribution in [2.45, 2.75) is 84.1 Å². The summed E-state index contributed by atoms with van der Waals surface area (Å²) in [4.78, 5) is 0. The van der Waals surface area contributed by atoms with E-state index in [2.05, 4.69) is 18.8 Å². The average molecular weight is 304 g/mol. The molecule has 2 N–H and O–H groups in total. The Morgan fingerprint density at radius 1 is 0.941 bits per heavy atom. The van der Waals surface area contributed by atoms with E-state index < -0.39 is 0 Å². The van der Waals surface area contributed by atoms with Crippen molar-refractivity contribution >= 4 is 17.0 Å². The van der Waals surface area contributed by atoms with E-state index in [0.29, 0.717) is 0 Å². The first kappa shape index (κ1) is 19.3. The zero-order chi connectivity index (χ0) is 12.3. The van der Waals surface area contributed by atoms with Crippen LogP contribution in [0.4, 0.5) is 0 Å². The number of hydrogen-bond donors (Lipinski definition) is 1. The van der Waals surface area contributed by atoms with Gasteiger partial charge in [0.25, 0.3) is 0 Å². The van der Waals surface area contributed by atoms with Gasteiger partial charge in [0.2, 0.25) is 0 Å². The average Bonchev–Trinajstić information content (AvgIpc) is 2.22. The van der Waals surface area contributed by atoms with Crippen LogP contribution in [0, 0.1) is 11.8 Å². The Bertz CT molecular complexity index is 213. The monoisotopic (exact) mass is 303 g/mol. The van der Waals surface area contributed by atoms with E-state index in [-0.39, 0.29) is 22.5 Å². The molecule has 0 heterocycles. The maximum atomic E-state index is 6.03. The molecule has 0 aromatic rings. The lowest BCUT2D eigenvalue weighted by atomic mass is 9.95. The summed E-state index contributed by atoms with van der Waals surface area (Å²) < 4.78 is 0. The number of hydrogen-bond acceptors (Lipinski definition) is 1. The fourth-order valence-electron chi connectivity index (χ4n) is 1.97. The highest BCUT2D eigenvalue weighted by Gasteiger charge is 2.13. The molecule has 0 saturated heterocycles. The Morgan fingerprint density at radius 2 is 1.41 bits per heavy atom. The largest absolute Gasteiger partial charge is 0.315 e. The second kappa shape index (κ2) is 12.5. The van der Waals surface area contributed by atoms with Gasteiger partial charge in [-0.1, -0.05) is 64.2 Å². The van der Waals surface area contributed by atoms with Crippen molar-refractivity contribution in [2.75, 3.05) is 0 Å². The highest BCUT2D eigenvalue weighted by molar-refractivity contribution is 8.93. The molecule has 0 rings (SSSR count). The molecule has 0 aromatic heterocycles. The minimum Gasteiger partial charge on any atom is -0.315 e. The summed E-state index contributed by atoms with van der Waals surface area (Å²) in [6.45, 7) is 6.15. The molecule has 0 spiro atoms. The van der Waals surface area contributed by atoms with Gasteiger partial charge in [-0.25, -0.2) is 0 Å². The smallest absolute Gasteiger partial charge is 0.0747 e. The van der Waals surface area contributed by atoms with Crippen LogP contribution < -0.4 is 5.73 Å². The van der Waals surface area contributed by atoms with Gasteiger partial charge in [-0.15, -0.1) is 22.9 Å². The molecule has 0 aliphatic carbocycles. The van der Waals surface area contributed by atoms with E-state index >= 15 is 0 Å². The number of halogens is 1. The zero-order valence-corrected chi connectivity index (χ0v) is 13.6. The fourth-order valence-corrected chi connectivity index (χ4v) is 1.97. The molecule has 0 amide bonds. The molecule has 1 nitrogen and oxygen atoms in total. The molecule has 1 unspecified atom stereocenters. The lowest BCUT2D eigenvalue weighted by Gasteiger charge is -2.17. The standard InChI is InChI=1S/C15H29N.BrH/c1-4-6-7-8-9-10-11-12-14-15(3,16)13-5-2;/h4,6-12,14,16H2,1-3H3;1H. The van der Waals surface area contributed by atoms with Gasteiger partial charge in [0, 0.05) is 0 Å². The number of rotatable bonds is 9. The number of nitrogens with two attached hydrogens (primary N) is 1. The van der Waals surface area contributed by atoms with E-state index in [9.17, 15) is 0 Å². The summed E-state index contributed by atoms with van der Waals surface area (Å²) in [7, 11) is 0. The summed E-state index contributed by atoms with van der Waals surface area (Å²) in [6.07, 6.45) is 11.9. The molecule has 0 aromatic carbocycles. The van der Waals surface area contributed by atoms with Crippen LogP contribution in [0.25, 0.3) is 0 Å². The lowest BCUT2D eigenvalue weighted by Crippen LogP contribution is -2.33. The second-order valence-electron chi connectivity index (χ2n) is 5.02. The molecule has 0 saturated carbocycles. The predicted molar refractivity (Wildman–Crippen MR) is 83.6 cm³/mol. The maximum absolute atomic E-state index is 6.03. The fraction of sp³-hybridized carbons (Fsp3) is 0.867. The lowest BCUT2D eigenvalue weighted by molar-refractivity contribution is 0.492. The molecule has 2 heteroatoms. The Balaban J connectivity index is 0. The van der Waals surface area contributed by atoms with Crippen LogP contribution in [0.5, 0.6) is 0 Å². The molecule has 0 radical (unpaired) electrons. The number of unbranched alkanes of at least 4 members (excludes halogenated alkanes) is 7. The van der Waals surface area contributed by atoms with Gasteiger partial charge in [-0.2, -0.15) is 0 Å². The summed E-state index contributed by atoms with van der Waals surface area (Å²) >= 11 is 0. The predicted octanol–water partition coefficient (Wildman–Crippen LogP) is 4.84. The molecule has 17 heavy (non-hydrogen) atoms. The first-order valence-corrected chi connectivity index (χ1v) is 6.85. The van der Waals surface area contributed by atoms with Gasteiger partial charge in [0.05, 0.1) is 5.54 Å². The zero-order valence-electron chi connectivity index (χ0n) is 11.8. The van der Waals surface area contributed by atoms with Crippen LogP contribution in [0.3, 0.4) is 0 Å². The Hall–Kier alpha value is 0.00000000000000000694. The normalized spacial score (nSPS) is 13.2. The summed E-state index contributed by atoms with van der Waals surface area (Å²) in [6, 6.07) is 0. The highest BCUT2D eigenvalue weighted by atomic mass is 79.9. The van der Waals surface area contributed by atoms with E-state index in [4.69, 9.17) is 5.73 Å². The van der Waals surface area contributed by atoms with Crippen LogP contribution in [-0.2, 0) is 0 Å². The van der Waals surface area contributed by atoms with Crippen molar-refractivity contribution in [1.29, 1.82) is 0 Å². The molecular formula is C15H30BrN. The van der Waals surface area contributed by atoms with Gasteiger partial charge in [-0.05, 0) is 20.3 Å². The van der Waals surface area contributed by atoms with Gasteiger partial charge in [0.1, 0.15) is 0 Å². The molecule has 0 aliphatic heterocycles. The molecule has 0 bridgehead atoms. The Kier molecular flexibility index (Phi) is 14.2. The molecule has 0 fully saturated rings. The van der Waals surface area contributed by atoms with Crippen LogP contribution in [0.15, 0.2) is 0 Å². The minimum absolute atomic E-state index is 0. The van der Waals surface area contributed by atoms with Crippen molar-refractivity contribution in [3.63, 3.8) is 0 Å². The van der Waals surface area contributed by atoms with Crippen LogP contribution in [0.2, 0.25) is 0 Å². The minimum atomic E-state index is -0.267. The third-order valence-electron chi connectivity index (χ3n) is 2.96.